The minimum Gasteiger partial charge on any atom is -0.493 e. The van der Waals surface area contributed by atoms with Crippen molar-refractivity contribution in [2.75, 3.05) is 6.61 Å². The van der Waals surface area contributed by atoms with Crippen molar-refractivity contribution in [3.8, 4) is 39.1 Å². The molecule has 0 unspecified atom stereocenters. The Labute approximate surface area is 244 Å². The number of fused-ring (bicyclic) bond motifs is 2. The number of rotatable bonds is 9. The fourth-order valence-electron chi connectivity index (χ4n) is 6.33. The van der Waals surface area contributed by atoms with E-state index in [2.05, 4.69) is 136 Å². The van der Waals surface area contributed by atoms with E-state index < -0.39 is 0 Å². The molecule has 6 aromatic rings. The predicted molar refractivity (Wildman–Crippen MR) is 177 cm³/mol. The Balaban J connectivity index is 1.61. The second-order valence-corrected chi connectivity index (χ2v) is 11.1. The summed E-state index contributed by atoms with van der Waals surface area (Å²) in [4.78, 5) is 0. The second-order valence-electron chi connectivity index (χ2n) is 11.1. The quantitative estimate of drug-likeness (QED) is 0.132. The third-order valence-corrected chi connectivity index (χ3v) is 8.19. The summed E-state index contributed by atoms with van der Waals surface area (Å²) in [7, 11) is 0. The van der Waals surface area contributed by atoms with Crippen molar-refractivity contribution < 1.29 is 4.74 Å². The molecule has 0 aliphatic carbocycles. The molecule has 0 atom stereocenters. The molecule has 0 saturated carbocycles. The lowest BCUT2D eigenvalue weighted by atomic mass is 9.83. The molecule has 0 bridgehead atoms. The summed E-state index contributed by atoms with van der Waals surface area (Å²) in [5.74, 6) is 1.03. The van der Waals surface area contributed by atoms with Crippen LogP contribution in [-0.2, 0) is 0 Å². The molecule has 41 heavy (non-hydrogen) atoms. The van der Waals surface area contributed by atoms with Crippen molar-refractivity contribution >= 4 is 21.5 Å². The minimum atomic E-state index is 0.778. The molecule has 0 heterocycles. The number of aryl methyl sites for hydroxylation is 2. The van der Waals surface area contributed by atoms with Crippen LogP contribution in [0.1, 0.15) is 43.7 Å². The molecule has 0 aliphatic rings. The largest absolute Gasteiger partial charge is 0.493 e. The Bertz CT molecular complexity index is 1780. The van der Waals surface area contributed by atoms with Gasteiger partial charge in [-0.05, 0) is 98.5 Å². The van der Waals surface area contributed by atoms with E-state index in [1.165, 1.54) is 85.3 Å². The van der Waals surface area contributed by atoms with E-state index in [9.17, 15) is 0 Å². The number of benzene rings is 6. The van der Waals surface area contributed by atoms with Gasteiger partial charge in [0, 0.05) is 0 Å². The molecule has 204 valence electrons. The normalized spacial score (nSPS) is 11.3. The summed E-state index contributed by atoms with van der Waals surface area (Å²) in [6.45, 7) is 7.40. The molecule has 0 aliphatic heterocycles. The lowest BCUT2D eigenvalue weighted by Gasteiger charge is -2.21. The van der Waals surface area contributed by atoms with Crippen LogP contribution in [0.4, 0.5) is 0 Å². The van der Waals surface area contributed by atoms with E-state index in [-0.39, 0.29) is 0 Å². The summed E-state index contributed by atoms with van der Waals surface area (Å²) >= 11 is 0. The summed E-state index contributed by atoms with van der Waals surface area (Å²) in [6, 6.07) is 42.0. The van der Waals surface area contributed by atoms with Crippen LogP contribution in [0.25, 0.3) is 54.9 Å². The first-order chi connectivity index (χ1) is 20.2. The lowest BCUT2D eigenvalue weighted by molar-refractivity contribution is 0.301. The number of hydrogen-bond acceptors (Lipinski definition) is 1. The zero-order valence-electron chi connectivity index (χ0n) is 24.4. The van der Waals surface area contributed by atoms with E-state index in [1.807, 2.05) is 0 Å². The number of unbranched alkanes of at least 4 members (excludes halogenated alkanes) is 3. The van der Waals surface area contributed by atoms with Crippen molar-refractivity contribution in [1.29, 1.82) is 0 Å². The molecule has 6 rings (SSSR count). The Hall–Kier alpha value is -4.36. The van der Waals surface area contributed by atoms with Crippen molar-refractivity contribution in [2.45, 2.75) is 46.5 Å². The van der Waals surface area contributed by atoms with Gasteiger partial charge in [0.2, 0.25) is 0 Å². The molecule has 0 radical (unpaired) electrons. The SMILES string of the molecule is CCCCCCOc1c(C)cc(-c2cccc3c(-c4ccccc4)c4ccccc4c(-c4ccccc4)c23)cc1C. The molecule has 1 nitrogen and oxygen atoms in total. The van der Waals surface area contributed by atoms with E-state index in [1.54, 1.807) is 0 Å². The van der Waals surface area contributed by atoms with Gasteiger partial charge in [-0.1, -0.05) is 129 Å². The molecule has 1 heteroatoms. The van der Waals surface area contributed by atoms with Crippen molar-refractivity contribution in [1.82, 2.24) is 0 Å². The third kappa shape index (κ3) is 5.25. The van der Waals surface area contributed by atoms with Gasteiger partial charge < -0.3 is 4.74 Å². The summed E-state index contributed by atoms with van der Waals surface area (Å²) in [5.41, 5.74) is 9.93. The first kappa shape index (κ1) is 26.8. The van der Waals surface area contributed by atoms with Crippen LogP contribution < -0.4 is 4.74 Å². The average molecular weight is 535 g/mol. The highest BCUT2D eigenvalue weighted by atomic mass is 16.5. The summed E-state index contributed by atoms with van der Waals surface area (Å²) < 4.78 is 6.32. The molecule has 0 spiro atoms. The van der Waals surface area contributed by atoms with Gasteiger partial charge in [0.05, 0.1) is 6.61 Å². The molecule has 0 N–H and O–H groups in total. The van der Waals surface area contributed by atoms with Crippen molar-refractivity contribution in [3.05, 3.63) is 126 Å². The summed E-state index contributed by atoms with van der Waals surface area (Å²) in [5, 5.41) is 5.13. The predicted octanol–water partition coefficient (Wildman–Crippen LogP) is 11.6. The minimum absolute atomic E-state index is 0.778. The first-order valence-electron chi connectivity index (χ1n) is 15.0. The van der Waals surface area contributed by atoms with Crippen LogP contribution >= 0.6 is 0 Å². The molecular weight excluding hydrogens is 496 g/mol. The van der Waals surface area contributed by atoms with Crippen LogP contribution in [0.15, 0.2) is 115 Å². The van der Waals surface area contributed by atoms with Crippen LogP contribution in [0, 0.1) is 13.8 Å². The zero-order chi connectivity index (χ0) is 28.2. The topological polar surface area (TPSA) is 9.23 Å². The van der Waals surface area contributed by atoms with Gasteiger partial charge in [-0.2, -0.15) is 0 Å². The van der Waals surface area contributed by atoms with Gasteiger partial charge in [-0.3, -0.25) is 0 Å². The second kappa shape index (κ2) is 12.0. The smallest absolute Gasteiger partial charge is 0.125 e. The first-order valence-corrected chi connectivity index (χ1v) is 15.0. The van der Waals surface area contributed by atoms with Crippen LogP contribution in [0.5, 0.6) is 5.75 Å². The molecule has 0 aromatic heterocycles. The fourth-order valence-corrected chi connectivity index (χ4v) is 6.33. The maximum atomic E-state index is 6.32. The Morgan fingerprint density at radius 3 is 1.71 bits per heavy atom. The van der Waals surface area contributed by atoms with Crippen LogP contribution in [0.3, 0.4) is 0 Å². The number of hydrogen-bond donors (Lipinski definition) is 0. The molecule has 0 amide bonds. The monoisotopic (exact) mass is 534 g/mol. The van der Waals surface area contributed by atoms with E-state index in [4.69, 9.17) is 4.74 Å². The van der Waals surface area contributed by atoms with Gasteiger partial charge in [-0.15, -0.1) is 0 Å². The third-order valence-electron chi connectivity index (χ3n) is 8.19. The molecular formula is C40H38O. The van der Waals surface area contributed by atoms with Gasteiger partial charge in [0.1, 0.15) is 5.75 Å². The molecule has 0 fully saturated rings. The molecule has 6 aromatic carbocycles. The maximum absolute atomic E-state index is 6.32. The Morgan fingerprint density at radius 2 is 1.07 bits per heavy atom. The Morgan fingerprint density at radius 1 is 0.512 bits per heavy atom. The van der Waals surface area contributed by atoms with Crippen LogP contribution in [0.2, 0.25) is 0 Å². The fraction of sp³-hybridized carbons (Fsp3) is 0.200. The highest BCUT2D eigenvalue weighted by molar-refractivity contribution is 6.24. The van der Waals surface area contributed by atoms with Gasteiger partial charge >= 0.3 is 0 Å². The van der Waals surface area contributed by atoms with E-state index in [0.717, 1.165) is 18.8 Å². The average Bonchev–Trinajstić information content (AvgIpc) is 3.01. The van der Waals surface area contributed by atoms with Crippen molar-refractivity contribution in [3.63, 3.8) is 0 Å². The number of ether oxygens (including phenoxy) is 1. The molecule has 0 saturated heterocycles. The maximum Gasteiger partial charge on any atom is 0.125 e. The lowest BCUT2D eigenvalue weighted by Crippen LogP contribution is -2.01. The van der Waals surface area contributed by atoms with E-state index >= 15 is 0 Å². The van der Waals surface area contributed by atoms with Crippen LogP contribution in [-0.4, -0.2) is 6.61 Å². The van der Waals surface area contributed by atoms with E-state index in [0.29, 0.717) is 0 Å². The van der Waals surface area contributed by atoms with Gasteiger partial charge in [0.25, 0.3) is 0 Å². The summed E-state index contributed by atoms with van der Waals surface area (Å²) in [6.07, 6.45) is 4.84. The highest BCUT2D eigenvalue weighted by Crippen LogP contribution is 2.47. The highest BCUT2D eigenvalue weighted by Gasteiger charge is 2.20. The standard InChI is InChI=1S/C40H38O/c1-4-5-6-15-25-41-40-28(2)26-32(27-29(40)3)33-23-16-24-36-37(30-17-9-7-10-18-30)34-21-13-14-22-35(34)38(39(33)36)31-19-11-8-12-20-31/h7-14,16-24,26-27H,4-6,15,25H2,1-3H3. The van der Waals surface area contributed by atoms with Crippen molar-refractivity contribution in [2.24, 2.45) is 0 Å². The Kier molecular flexibility index (Phi) is 7.87. The van der Waals surface area contributed by atoms with Gasteiger partial charge in [-0.25, -0.2) is 0 Å². The van der Waals surface area contributed by atoms with Gasteiger partial charge in [0.15, 0.2) is 0 Å². The zero-order valence-corrected chi connectivity index (χ0v) is 24.4.